The van der Waals surface area contributed by atoms with E-state index < -0.39 is 0 Å². The molecule has 0 aliphatic rings. The Hall–Kier alpha value is -2.07. The molecule has 4 nitrogen and oxygen atoms in total. The summed E-state index contributed by atoms with van der Waals surface area (Å²) in [6, 6.07) is 7.51. The van der Waals surface area contributed by atoms with Gasteiger partial charge < -0.3 is 10.1 Å². The molecule has 0 radical (unpaired) electrons. The fourth-order valence-corrected chi connectivity index (χ4v) is 1.98. The van der Waals surface area contributed by atoms with E-state index in [-0.39, 0.29) is 5.91 Å². The lowest BCUT2D eigenvalue weighted by Crippen LogP contribution is -2.33. The van der Waals surface area contributed by atoms with E-state index in [9.17, 15) is 4.79 Å². The monoisotopic (exact) mass is 302 g/mol. The first kappa shape index (κ1) is 18.0. The van der Waals surface area contributed by atoms with Crippen molar-refractivity contribution in [1.29, 1.82) is 0 Å². The van der Waals surface area contributed by atoms with Gasteiger partial charge in [0.15, 0.2) is 0 Å². The van der Waals surface area contributed by atoms with Gasteiger partial charge in [-0.15, -0.1) is 13.2 Å². The quantitative estimate of drug-likeness (QED) is 0.502. The predicted molar refractivity (Wildman–Crippen MR) is 92.3 cm³/mol. The van der Waals surface area contributed by atoms with Crippen LogP contribution in [-0.2, 0) is 4.79 Å². The van der Waals surface area contributed by atoms with Gasteiger partial charge >= 0.3 is 0 Å². The van der Waals surface area contributed by atoms with Crippen LogP contribution in [0.15, 0.2) is 49.6 Å². The molecule has 120 valence electrons. The second kappa shape index (κ2) is 10.6. The zero-order valence-corrected chi connectivity index (χ0v) is 13.4. The van der Waals surface area contributed by atoms with E-state index in [1.807, 2.05) is 29.2 Å². The third-order valence-electron chi connectivity index (χ3n) is 3.06. The van der Waals surface area contributed by atoms with E-state index in [2.05, 4.69) is 25.4 Å². The SMILES string of the molecule is C=CCN(CC=C)CC(=O)Nc1ccccc1OCCCC. The average Bonchev–Trinajstić information content (AvgIpc) is 2.49. The van der Waals surface area contributed by atoms with Crippen molar-refractivity contribution in [2.24, 2.45) is 0 Å². The number of amides is 1. The molecule has 1 aromatic carbocycles. The maximum Gasteiger partial charge on any atom is 0.238 e. The summed E-state index contributed by atoms with van der Waals surface area (Å²) in [5.41, 5.74) is 0.709. The van der Waals surface area contributed by atoms with Gasteiger partial charge in [-0.25, -0.2) is 0 Å². The maximum absolute atomic E-state index is 12.2. The van der Waals surface area contributed by atoms with E-state index in [1.165, 1.54) is 0 Å². The van der Waals surface area contributed by atoms with Crippen LogP contribution in [0.4, 0.5) is 5.69 Å². The van der Waals surface area contributed by atoms with Crippen molar-refractivity contribution in [2.45, 2.75) is 19.8 Å². The number of nitrogens with zero attached hydrogens (tertiary/aromatic N) is 1. The second-order valence-electron chi connectivity index (χ2n) is 5.02. The number of benzene rings is 1. The van der Waals surface area contributed by atoms with Crippen LogP contribution < -0.4 is 10.1 Å². The Bertz CT molecular complexity index is 476. The van der Waals surface area contributed by atoms with Crippen molar-refractivity contribution < 1.29 is 9.53 Å². The van der Waals surface area contributed by atoms with Gasteiger partial charge in [0.2, 0.25) is 5.91 Å². The van der Waals surface area contributed by atoms with Crippen molar-refractivity contribution in [2.75, 3.05) is 31.6 Å². The van der Waals surface area contributed by atoms with Crippen LogP contribution in [0.5, 0.6) is 5.75 Å². The van der Waals surface area contributed by atoms with E-state index >= 15 is 0 Å². The number of para-hydroxylation sites is 2. The van der Waals surface area contributed by atoms with Crippen LogP contribution in [0.2, 0.25) is 0 Å². The van der Waals surface area contributed by atoms with E-state index in [0.29, 0.717) is 37.7 Å². The van der Waals surface area contributed by atoms with Crippen molar-refractivity contribution in [3.8, 4) is 5.75 Å². The molecule has 0 fully saturated rings. The van der Waals surface area contributed by atoms with Crippen LogP contribution in [0.25, 0.3) is 0 Å². The number of hydrogen-bond acceptors (Lipinski definition) is 3. The summed E-state index contributed by atoms with van der Waals surface area (Å²) in [7, 11) is 0. The number of ether oxygens (including phenoxy) is 1. The highest BCUT2D eigenvalue weighted by Gasteiger charge is 2.11. The zero-order chi connectivity index (χ0) is 16.2. The Labute approximate surface area is 133 Å². The molecule has 0 saturated heterocycles. The Morgan fingerprint density at radius 2 is 1.95 bits per heavy atom. The molecule has 1 amide bonds. The number of hydrogen-bond donors (Lipinski definition) is 1. The van der Waals surface area contributed by atoms with E-state index in [1.54, 1.807) is 12.2 Å². The summed E-state index contributed by atoms with van der Waals surface area (Å²) in [6.45, 7) is 11.8. The number of nitrogens with one attached hydrogen (secondary N) is 1. The minimum atomic E-state index is -0.0739. The van der Waals surface area contributed by atoms with Gasteiger partial charge in [-0.1, -0.05) is 37.6 Å². The normalized spacial score (nSPS) is 10.3. The van der Waals surface area contributed by atoms with Crippen LogP contribution >= 0.6 is 0 Å². The lowest BCUT2D eigenvalue weighted by molar-refractivity contribution is -0.117. The van der Waals surface area contributed by atoms with Crippen molar-refractivity contribution in [3.05, 3.63) is 49.6 Å². The molecule has 0 aliphatic carbocycles. The van der Waals surface area contributed by atoms with Gasteiger partial charge in [0.1, 0.15) is 5.75 Å². The predicted octanol–water partition coefficient (Wildman–Crippen LogP) is 3.48. The summed E-state index contributed by atoms with van der Waals surface area (Å²) >= 11 is 0. The standard InChI is InChI=1S/C18H26N2O2/c1-4-7-14-22-17-11-9-8-10-16(17)19-18(21)15-20(12-5-2)13-6-3/h5-6,8-11H,2-4,7,12-15H2,1H3,(H,19,21). The lowest BCUT2D eigenvalue weighted by Gasteiger charge is -2.19. The molecule has 4 heteroatoms. The summed E-state index contributed by atoms with van der Waals surface area (Å²) in [5.74, 6) is 0.638. The highest BCUT2D eigenvalue weighted by Crippen LogP contribution is 2.23. The molecular weight excluding hydrogens is 276 g/mol. The molecule has 1 aromatic rings. The van der Waals surface area contributed by atoms with Crippen LogP contribution in [-0.4, -0.2) is 37.0 Å². The minimum Gasteiger partial charge on any atom is -0.491 e. The Morgan fingerprint density at radius 3 is 2.59 bits per heavy atom. The average molecular weight is 302 g/mol. The first-order chi connectivity index (χ1) is 10.7. The first-order valence-corrected chi connectivity index (χ1v) is 7.67. The fourth-order valence-electron chi connectivity index (χ4n) is 1.98. The minimum absolute atomic E-state index is 0.0739. The molecule has 0 bridgehead atoms. The summed E-state index contributed by atoms with van der Waals surface area (Å²) in [6.07, 6.45) is 5.62. The molecule has 0 saturated carbocycles. The molecular formula is C18H26N2O2. The maximum atomic E-state index is 12.2. The van der Waals surface area contributed by atoms with Crippen LogP contribution in [0.1, 0.15) is 19.8 Å². The number of anilines is 1. The summed E-state index contributed by atoms with van der Waals surface area (Å²) < 4.78 is 5.72. The molecule has 0 heterocycles. The molecule has 22 heavy (non-hydrogen) atoms. The molecule has 1 N–H and O–H groups in total. The van der Waals surface area contributed by atoms with E-state index in [0.717, 1.165) is 12.8 Å². The summed E-state index contributed by atoms with van der Waals surface area (Å²) in [5, 5.41) is 2.91. The Morgan fingerprint density at radius 1 is 1.27 bits per heavy atom. The smallest absolute Gasteiger partial charge is 0.238 e. The zero-order valence-electron chi connectivity index (χ0n) is 13.4. The van der Waals surface area contributed by atoms with Gasteiger partial charge in [0.05, 0.1) is 18.8 Å². The van der Waals surface area contributed by atoms with Gasteiger partial charge in [-0.3, -0.25) is 9.69 Å². The number of rotatable bonds is 11. The van der Waals surface area contributed by atoms with Crippen molar-refractivity contribution in [3.63, 3.8) is 0 Å². The summed E-state index contributed by atoms with van der Waals surface area (Å²) in [4.78, 5) is 14.1. The van der Waals surface area contributed by atoms with Gasteiger partial charge in [-0.05, 0) is 18.6 Å². The molecule has 0 spiro atoms. The lowest BCUT2D eigenvalue weighted by atomic mass is 10.3. The first-order valence-electron chi connectivity index (χ1n) is 7.67. The molecule has 0 atom stereocenters. The molecule has 0 aliphatic heterocycles. The molecule has 1 rings (SSSR count). The largest absolute Gasteiger partial charge is 0.491 e. The number of carbonyl (C=O) groups is 1. The Kier molecular flexibility index (Phi) is 8.69. The third kappa shape index (κ3) is 6.59. The van der Waals surface area contributed by atoms with Crippen molar-refractivity contribution in [1.82, 2.24) is 4.90 Å². The third-order valence-corrected chi connectivity index (χ3v) is 3.06. The highest BCUT2D eigenvalue weighted by atomic mass is 16.5. The van der Waals surface area contributed by atoms with E-state index in [4.69, 9.17) is 4.74 Å². The van der Waals surface area contributed by atoms with Gasteiger partial charge in [0, 0.05) is 13.1 Å². The Balaban J connectivity index is 2.62. The topological polar surface area (TPSA) is 41.6 Å². The highest BCUT2D eigenvalue weighted by molar-refractivity contribution is 5.93. The number of carbonyl (C=O) groups excluding carboxylic acids is 1. The fraction of sp³-hybridized carbons (Fsp3) is 0.389. The number of unbranched alkanes of at least 4 members (excludes halogenated alkanes) is 1. The second-order valence-corrected chi connectivity index (χ2v) is 5.02. The van der Waals surface area contributed by atoms with Crippen LogP contribution in [0, 0.1) is 0 Å². The van der Waals surface area contributed by atoms with Crippen LogP contribution in [0.3, 0.4) is 0 Å². The van der Waals surface area contributed by atoms with Crippen molar-refractivity contribution >= 4 is 11.6 Å². The van der Waals surface area contributed by atoms with Gasteiger partial charge in [-0.2, -0.15) is 0 Å². The molecule has 0 aromatic heterocycles. The molecule has 0 unspecified atom stereocenters. The van der Waals surface area contributed by atoms with Gasteiger partial charge in [0.25, 0.3) is 0 Å².